The number of fused-ring (bicyclic) bond motifs is 3. The summed E-state index contributed by atoms with van der Waals surface area (Å²) in [6.07, 6.45) is 2.30. The molecule has 1 aliphatic carbocycles. The van der Waals surface area contributed by atoms with Gasteiger partial charge in [-0.3, -0.25) is 10.1 Å². The first-order chi connectivity index (χ1) is 9.45. The summed E-state index contributed by atoms with van der Waals surface area (Å²) in [6, 6.07) is 4.91. The number of ether oxygens (including phenoxy) is 1. The summed E-state index contributed by atoms with van der Waals surface area (Å²) >= 11 is 5.89. The number of carbonyl (C=O) groups excluding carboxylic acids is 1. The average molecular weight is 294 g/mol. The Morgan fingerprint density at radius 1 is 1.50 bits per heavy atom. The largest absolute Gasteiger partial charge is 0.421 e. The Balaban J connectivity index is 2.22. The second-order valence-electron chi connectivity index (χ2n) is 5.26. The van der Waals surface area contributed by atoms with Crippen LogP contribution in [0, 0.1) is 10.1 Å². The van der Waals surface area contributed by atoms with Crippen molar-refractivity contribution >= 4 is 17.6 Å². The summed E-state index contributed by atoms with van der Waals surface area (Å²) in [7, 11) is 0. The van der Waals surface area contributed by atoms with Gasteiger partial charge in [0.15, 0.2) is 0 Å². The number of halogens is 1. The molecule has 6 heteroatoms. The first-order valence-electron chi connectivity index (χ1n) is 6.27. The van der Waals surface area contributed by atoms with Crippen molar-refractivity contribution in [1.29, 1.82) is 0 Å². The zero-order valence-electron chi connectivity index (χ0n) is 10.8. The molecular formula is C14H12ClNO4. The Bertz CT molecular complexity index is 655. The molecule has 1 aromatic rings. The maximum atomic E-state index is 12.2. The Labute approximate surface area is 120 Å². The van der Waals surface area contributed by atoms with E-state index in [-0.39, 0.29) is 6.42 Å². The van der Waals surface area contributed by atoms with Crippen molar-refractivity contribution in [2.45, 2.75) is 31.2 Å². The van der Waals surface area contributed by atoms with E-state index in [4.69, 9.17) is 16.3 Å². The number of nitro groups is 1. The van der Waals surface area contributed by atoms with Crippen molar-refractivity contribution in [2.24, 2.45) is 0 Å². The van der Waals surface area contributed by atoms with Crippen LogP contribution in [0.3, 0.4) is 0 Å². The summed E-state index contributed by atoms with van der Waals surface area (Å²) < 4.78 is 5.19. The van der Waals surface area contributed by atoms with Gasteiger partial charge in [0.2, 0.25) is 0 Å². The van der Waals surface area contributed by atoms with Crippen LogP contribution in [-0.2, 0) is 4.79 Å². The molecule has 0 spiro atoms. The second kappa shape index (κ2) is 4.31. The van der Waals surface area contributed by atoms with Crippen LogP contribution in [0.1, 0.15) is 31.2 Å². The molecule has 0 saturated carbocycles. The van der Waals surface area contributed by atoms with E-state index in [1.165, 1.54) is 6.07 Å². The number of rotatable bonds is 1. The van der Waals surface area contributed by atoms with E-state index < -0.39 is 22.3 Å². The van der Waals surface area contributed by atoms with Crippen LogP contribution in [0.15, 0.2) is 29.8 Å². The zero-order valence-corrected chi connectivity index (χ0v) is 11.5. The first kappa shape index (κ1) is 13.1. The third-order valence-corrected chi connectivity index (χ3v) is 4.33. The molecule has 0 N–H and O–H groups in total. The highest BCUT2D eigenvalue weighted by atomic mass is 35.5. The van der Waals surface area contributed by atoms with Crippen molar-refractivity contribution in [2.75, 3.05) is 0 Å². The molecule has 104 valence electrons. The molecule has 0 radical (unpaired) electrons. The molecular weight excluding hydrogens is 282 g/mol. The van der Waals surface area contributed by atoms with Gasteiger partial charge in [0.25, 0.3) is 0 Å². The monoisotopic (exact) mass is 293 g/mol. The lowest BCUT2D eigenvalue weighted by Crippen LogP contribution is -2.56. The summed E-state index contributed by atoms with van der Waals surface area (Å²) in [5.41, 5.74) is 0.0154. The first-order valence-corrected chi connectivity index (χ1v) is 6.65. The third-order valence-electron chi connectivity index (χ3n) is 4.10. The van der Waals surface area contributed by atoms with Crippen molar-refractivity contribution < 1.29 is 14.5 Å². The van der Waals surface area contributed by atoms with Crippen molar-refractivity contribution in [3.63, 3.8) is 0 Å². The smallest absolute Gasteiger partial charge is 0.391 e. The molecule has 2 aliphatic rings. The third kappa shape index (κ3) is 1.66. The minimum atomic E-state index is -1.71. The predicted molar refractivity (Wildman–Crippen MR) is 72.5 cm³/mol. The fraction of sp³-hybridized carbons (Fsp3) is 0.357. The Morgan fingerprint density at radius 3 is 2.95 bits per heavy atom. The van der Waals surface area contributed by atoms with E-state index >= 15 is 0 Å². The topological polar surface area (TPSA) is 69.4 Å². The van der Waals surface area contributed by atoms with E-state index in [1.54, 1.807) is 18.2 Å². The highest BCUT2D eigenvalue weighted by molar-refractivity contribution is 6.30. The van der Waals surface area contributed by atoms with E-state index in [9.17, 15) is 14.9 Å². The van der Waals surface area contributed by atoms with Gasteiger partial charge in [0, 0.05) is 21.9 Å². The molecule has 0 bridgehead atoms. The van der Waals surface area contributed by atoms with Crippen molar-refractivity contribution in [3.8, 4) is 5.75 Å². The average Bonchev–Trinajstić information content (AvgIpc) is 2.38. The van der Waals surface area contributed by atoms with E-state index in [0.717, 1.165) is 5.57 Å². The molecule has 2 atom stereocenters. The van der Waals surface area contributed by atoms with Gasteiger partial charge >= 0.3 is 11.5 Å². The van der Waals surface area contributed by atoms with Gasteiger partial charge < -0.3 is 4.74 Å². The highest BCUT2D eigenvalue weighted by Crippen LogP contribution is 2.49. The van der Waals surface area contributed by atoms with Crippen molar-refractivity contribution in [3.05, 3.63) is 50.5 Å². The van der Waals surface area contributed by atoms with Crippen LogP contribution in [0.2, 0.25) is 5.02 Å². The molecule has 1 aliphatic heterocycles. The minimum Gasteiger partial charge on any atom is -0.421 e. The van der Waals surface area contributed by atoms with Crippen LogP contribution in [0.4, 0.5) is 0 Å². The molecule has 20 heavy (non-hydrogen) atoms. The quantitative estimate of drug-likeness (QED) is 0.262. The number of nitrogens with zero attached hydrogens (tertiary/aromatic N) is 1. The fourth-order valence-electron chi connectivity index (χ4n) is 2.99. The van der Waals surface area contributed by atoms with Gasteiger partial charge in [-0.15, -0.1) is 0 Å². The van der Waals surface area contributed by atoms with Gasteiger partial charge in [-0.25, -0.2) is 4.79 Å². The Kier molecular flexibility index (Phi) is 2.83. The summed E-state index contributed by atoms with van der Waals surface area (Å²) in [5.74, 6) is -0.971. The SMILES string of the molecule is CC1=CC[C@]2([N+](=O)[O-])C(=O)Oc3cc(Cl)ccc3[C@@H]2C1. The van der Waals surface area contributed by atoms with Crippen LogP contribution in [0.5, 0.6) is 5.75 Å². The normalized spacial score (nSPS) is 28.0. The highest BCUT2D eigenvalue weighted by Gasteiger charge is 2.62. The number of allylic oxidation sites excluding steroid dienone is 1. The van der Waals surface area contributed by atoms with Gasteiger partial charge in [-0.1, -0.05) is 29.3 Å². The van der Waals surface area contributed by atoms with Crippen molar-refractivity contribution in [1.82, 2.24) is 0 Å². The number of carbonyl (C=O) groups is 1. The summed E-state index contributed by atoms with van der Waals surface area (Å²) in [6.45, 7) is 1.92. The molecule has 1 aromatic carbocycles. The lowest BCUT2D eigenvalue weighted by atomic mass is 9.69. The van der Waals surface area contributed by atoms with Gasteiger partial charge in [0.1, 0.15) is 5.75 Å². The van der Waals surface area contributed by atoms with Crippen LogP contribution >= 0.6 is 11.6 Å². The molecule has 0 aromatic heterocycles. The molecule has 5 nitrogen and oxygen atoms in total. The molecule has 0 saturated heterocycles. The Morgan fingerprint density at radius 2 is 2.25 bits per heavy atom. The number of benzene rings is 1. The molecule has 1 heterocycles. The number of hydrogen-bond donors (Lipinski definition) is 0. The number of esters is 1. The van der Waals surface area contributed by atoms with E-state index in [1.807, 2.05) is 6.92 Å². The maximum absolute atomic E-state index is 12.2. The molecule has 0 fully saturated rings. The van der Waals surface area contributed by atoms with Crippen LogP contribution in [0.25, 0.3) is 0 Å². The molecule has 0 amide bonds. The maximum Gasteiger partial charge on any atom is 0.391 e. The summed E-state index contributed by atoms with van der Waals surface area (Å²) in [4.78, 5) is 23.3. The predicted octanol–water partition coefficient (Wildman–Crippen LogP) is 3.10. The number of hydrogen-bond acceptors (Lipinski definition) is 4. The fourth-order valence-corrected chi connectivity index (χ4v) is 3.15. The standard InChI is InChI=1S/C14H12ClNO4/c1-8-4-5-14(16(18)19)11(6-8)10-3-2-9(15)7-12(10)20-13(14)17/h2-4,7,11H,5-6H2,1H3/t11-,14+/m0/s1. The van der Waals surface area contributed by atoms with Crippen LogP contribution < -0.4 is 4.74 Å². The van der Waals surface area contributed by atoms with Crippen LogP contribution in [-0.4, -0.2) is 16.4 Å². The zero-order chi connectivity index (χ0) is 14.5. The molecule has 3 rings (SSSR count). The van der Waals surface area contributed by atoms with E-state index in [0.29, 0.717) is 22.8 Å². The summed E-state index contributed by atoms with van der Waals surface area (Å²) in [5, 5.41) is 12.0. The Hall–Kier alpha value is -1.88. The van der Waals surface area contributed by atoms with Gasteiger partial charge in [-0.05, 0) is 25.5 Å². The van der Waals surface area contributed by atoms with E-state index in [2.05, 4.69) is 0 Å². The second-order valence-corrected chi connectivity index (χ2v) is 5.70. The van der Waals surface area contributed by atoms with Gasteiger partial charge in [-0.2, -0.15) is 0 Å². The lowest BCUT2D eigenvalue weighted by molar-refractivity contribution is -0.560. The molecule has 0 unspecified atom stereocenters. The lowest BCUT2D eigenvalue weighted by Gasteiger charge is -2.38. The van der Waals surface area contributed by atoms with Gasteiger partial charge in [0.05, 0.1) is 5.92 Å². The minimum absolute atomic E-state index is 0.0669.